The second-order valence-corrected chi connectivity index (χ2v) is 4.27. The number of nitrogens with zero attached hydrogens (tertiary/aromatic N) is 1. The van der Waals surface area contributed by atoms with Gasteiger partial charge in [-0.25, -0.2) is 4.98 Å². The summed E-state index contributed by atoms with van der Waals surface area (Å²) in [4.78, 5) is 5.74. The largest absolute Gasteiger partial charge is 0.242 e. The predicted octanol–water partition coefficient (Wildman–Crippen LogP) is -16.2. The number of thiazole rings is 1. The molecular weight excluding hydrogens is 657 g/mol. The van der Waals surface area contributed by atoms with Gasteiger partial charge in [0, 0.05) is 400 Å². The fourth-order valence-corrected chi connectivity index (χ4v) is 2.66. The number of hydrogen-bond acceptors (Lipinski definition) is 2. The van der Waals surface area contributed by atoms with Crippen LogP contribution < -0.4 is 5.44 Å². The highest BCUT2D eigenvalue weighted by Gasteiger charge is 1.99. The summed E-state index contributed by atoms with van der Waals surface area (Å²) in [5.41, 5.74) is 1.29. The molecule has 0 fully saturated rings. The van der Waals surface area contributed by atoms with Crippen LogP contribution in [0.3, 0.4) is 0 Å². The predicted molar refractivity (Wildman–Crippen MR) is 316 cm³/mol. The van der Waals surface area contributed by atoms with Crippen LogP contribution in [0.4, 0.5) is 0 Å². The first-order chi connectivity index (χ1) is 4.24. The molecule has 1 rings (SSSR count). The summed E-state index contributed by atoms with van der Waals surface area (Å²) >= 11 is 1.79. The van der Waals surface area contributed by atoms with E-state index in [1.54, 1.807) is 11.3 Å². The molecule has 0 bridgehead atoms. The summed E-state index contributed by atoms with van der Waals surface area (Å²) in [5.74, 6) is 0. The van der Waals surface area contributed by atoms with Gasteiger partial charge in [-0.2, -0.15) is 0 Å². The molecule has 0 saturated heterocycles. The smallest absolute Gasteiger partial charge is 0.0904 e. The van der Waals surface area contributed by atoms with E-state index in [-0.39, 0.29) is 395 Å². The topological polar surface area (TPSA) is 12.9 Å². The minimum atomic E-state index is 0. The molecular formula is C6H10B47NPS. The van der Waals surface area contributed by atoms with Crippen LogP contribution in [0.25, 0.3) is 0 Å². The number of hydrogen-bond donors (Lipinski definition) is 0. The highest BCUT2D eigenvalue weighted by atomic mass is 32.1. The van der Waals surface area contributed by atoms with Gasteiger partial charge < -0.3 is 0 Å². The van der Waals surface area contributed by atoms with Gasteiger partial charge in [0.05, 0.1) is 10.4 Å². The molecule has 141 radical (unpaired) electrons. The summed E-state index contributed by atoms with van der Waals surface area (Å²) in [7, 11) is 0.849. The molecule has 0 N–H and O–H groups in total. The molecule has 0 aliphatic carbocycles. The van der Waals surface area contributed by atoms with Gasteiger partial charge >= 0.3 is 0 Å². The SMILES string of the molecule is CPc1nc(C)sc1C.[B].[B].[B].[B].[B].[B].[B].[B].[B].[B].[B].[B].[B].[B].[B].[B].[B].[B].[B].[B].[B].[B].[B].[B].[B].[B].[B].[B].[B].[B].[B].[B].[B].[B].[B].[B].[B].[B].[B].[B].[B].[B].[B].[B].[B].[B].[B]. The zero-order valence-corrected chi connectivity index (χ0v) is 34.8. The molecule has 0 aliphatic rings. The Morgan fingerprint density at radius 3 is 0.393 bits per heavy atom. The molecule has 1 aromatic heterocycles. The molecule has 191 valence electrons. The lowest BCUT2D eigenvalue weighted by Crippen LogP contribution is -1.96. The fourth-order valence-electron chi connectivity index (χ4n) is 0.761. The van der Waals surface area contributed by atoms with E-state index >= 15 is 0 Å². The number of aryl methyl sites for hydroxylation is 2. The van der Waals surface area contributed by atoms with Crippen molar-refractivity contribution in [1.82, 2.24) is 4.98 Å². The van der Waals surface area contributed by atoms with Crippen LogP contribution in [0, 0.1) is 13.8 Å². The van der Waals surface area contributed by atoms with Crippen molar-refractivity contribution in [3.05, 3.63) is 9.88 Å². The van der Waals surface area contributed by atoms with Crippen molar-refractivity contribution in [2.75, 3.05) is 6.66 Å². The average Bonchev–Trinajstić information content (AvgIpc) is 2.10. The normalized spacial score (nSPS) is 1.84. The third-order valence-electron chi connectivity index (χ3n) is 1.14. The molecule has 1 unspecified atom stereocenters. The summed E-state index contributed by atoms with van der Waals surface area (Å²) in [6.07, 6.45) is 0. The summed E-state index contributed by atoms with van der Waals surface area (Å²) in [5, 5.41) is 1.19. The van der Waals surface area contributed by atoms with Crippen LogP contribution >= 0.6 is 19.9 Å². The first-order valence-electron chi connectivity index (χ1n) is 2.86. The van der Waals surface area contributed by atoms with Gasteiger partial charge in [0.1, 0.15) is 0 Å². The maximum atomic E-state index is 4.36. The lowest BCUT2D eigenvalue weighted by atomic mass is 10.6. The van der Waals surface area contributed by atoms with Gasteiger partial charge in [0.25, 0.3) is 0 Å². The van der Waals surface area contributed by atoms with Gasteiger partial charge in [0.2, 0.25) is 0 Å². The summed E-state index contributed by atoms with van der Waals surface area (Å²) < 4.78 is 0. The van der Waals surface area contributed by atoms with E-state index in [0.29, 0.717) is 0 Å². The Balaban J connectivity index is -0.000000000383. The number of aromatic nitrogens is 1. The lowest BCUT2D eigenvalue weighted by Gasteiger charge is -1.86. The second-order valence-electron chi connectivity index (χ2n) is 1.89. The van der Waals surface area contributed by atoms with Gasteiger partial charge in [-0.15, -0.1) is 11.3 Å². The molecule has 1 atom stereocenters. The first-order valence-corrected chi connectivity index (χ1v) is 5.17. The Kier molecular flexibility index (Phi) is 20200. The Bertz CT molecular complexity index is 242. The van der Waals surface area contributed by atoms with Crippen LogP contribution in [0.15, 0.2) is 0 Å². The molecule has 50 heteroatoms. The highest BCUT2D eigenvalue weighted by molar-refractivity contribution is 7.47. The Morgan fingerprint density at radius 1 is 0.250 bits per heavy atom. The van der Waals surface area contributed by atoms with Crippen molar-refractivity contribution in [2.24, 2.45) is 0 Å². The maximum Gasteiger partial charge on any atom is 0.0904 e. The van der Waals surface area contributed by atoms with E-state index in [4.69, 9.17) is 0 Å². The van der Waals surface area contributed by atoms with E-state index in [1.165, 1.54) is 15.3 Å². The van der Waals surface area contributed by atoms with E-state index < -0.39 is 0 Å². The Labute approximate surface area is 452 Å². The third-order valence-corrected chi connectivity index (χ3v) is 3.17. The van der Waals surface area contributed by atoms with E-state index in [0.717, 1.165) is 8.58 Å². The van der Waals surface area contributed by atoms with Crippen LogP contribution in [-0.4, -0.2) is 407 Å². The van der Waals surface area contributed by atoms with Crippen LogP contribution in [0.1, 0.15) is 9.88 Å². The number of rotatable bonds is 1. The van der Waals surface area contributed by atoms with Crippen molar-refractivity contribution in [3.63, 3.8) is 0 Å². The van der Waals surface area contributed by atoms with Crippen LogP contribution in [0.2, 0.25) is 0 Å². The molecule has 1 aromatic rings. The zero-order chi connectivity index (χ0) is 6.85. The Hall–Kier alpha value is 3.11. The molecule has 0 amide bonds. The molecule has 1 heterocycles. The molecule has 1 nitrogen and oxygen atoms in total. The van der Waals surface area contributed by atoms with Gasteiger partial charge in [0.15, 0.2) is 0 Å². The third kappa shape index (κ3) is 614. The quantitative estimate of drug-likeness (QED) is 0.215. The Morgan fingerprint density at radius 2 is 0.357 bits per heavy atom. The van der Waals surface area contributed by atoms with E-state index in [1.807, 2.05) is 0 Å². The van der Waals surface area contributed by atoms with Crippen molar-refractivity contribution in [2.45, 2.75) is 13.8 Å². The summed E-state index contributed by atoms with van der Waals surface area (Å²) in [6.45, 7) is 6.36. The highest BCUT2D eigenvalue weighted by Crippen LogP contribution is 2.14. The summed E-state index contributed by atoms with van der Waals surface area (Å²) in [6, 6.07) is 0. The monoisotopic (exact) mass is 676 g/mol. The van der Waals surface area contributed by atoms with Gasteiger partial charge in [-0.05, 0) is 20.5 Å². The molecule has 56 heavy (non-hydrogen) atoms. The minimum Gasteiger partial charge on any atom is -0.242 e. The fraction of sp³-hybridized carbons (Fsp3) is 0.500. The van der Waals surface area contributed by atoms with Crippen molar-refractivity contribution >= 4 is 421 Å². The molecule has 0 aliphatic heterocycles. The van der Waals surface area contributed by atoms with Crippen LogP contribution in [-0.2, 0) is 0 Å². The van der Waals surface area contributed by atoms with Crippen LogP contribution in [0.5, 0.6) is 0 Å². The standard InChI is InChI=1S/C6H10NPS.47B/c1-4-6(8-3)7-5(2)9-4;;;;;;;;;;;;;;;;;;;;;;;;;;;;;;;;;;;;;;;;;;;;;;;/h8H,1-3H3;;;;;;;;;;;;;;;;;;;;;;;;;;;;;;;;;;;;;;;;;;;;;;;. The van der Waals surface area contributed by atoms with E-state index in [9.17, 15) is 0 Å². The molecule has 0 spiro atoms. The van der Waals surface area contributed by atoms with Crippen molar-refractivity contribution in [1.29, 1.82) is 0 Å². The molecule has 0 aromatic carbocycles. The van der Waals surface area contributed by atoms with Crippen molar-refractivity contribution < 1.29 is 0 Å². The first kappa shape index (κ1) is 1360. The minimum absolute atomic E-state index is 0. The average molecular weight is 667 g/mol. The lowest BCUT2D eigenvalue weighted by molar-refractivity contribution is 1.33. The second kappa shape index (κ2) is 830. The van der Waals surface area contributed by atoms with Crippen molar-refractivity contribution in [3.8, 4) is 0 Å². The zero-order valence-electron chi connectivity index (χ0n) is 33.0. The van der Waals surface area contributed by atoms with E-state index in [2.05, 4.69) is 25.5 Å². The molecule has 0 saturated carbocycles. The van der Waals surface area contributed by atoms with Gasteiger partial charge in [-0.1, -0.05) is 8.58 Å². The van der Waals surface area contributed by atoms with Gasteiger partial charge in [-0.3, -0.25) is 0 Å². The maximum absolute atomic E-state index is 4.36.